The quantitative estimate of drug-likeness (QED) is 0.621. The van der Waals surface area contributed by atoms with Gasteiger partial charge in [-0.05, 0) is 50.9 Å². The molecule has 0 spiro atoms. The molecule has 2 aliphatic rings. The minimum absolute atomic E-state index is 0.186. The maximum absolute atomic E-state index is 14.3. The molecule has 0 aliphatic carbocycles. The van der Waals surface area contributed by atoms with E-state index >= 15 is 0 Å². The Morgan fingerprint density at radius 2 is 1.81 bits per heavy atom. The summed E-state index contributed by atoms with van der Waals surface area (Å²) in [5.41, 5.74) is 0.180. The molecule has 152 valence electrons. The predicted octanol–water partition coefficient (Wildman–Crippen LogP) is 2.87. The summed E-state index contributed by atoms with van der Waals surface area (Å²) in [6, 6.07) is 3.45. The molecule has 1 aromatic heterocycles. The fourth-order valence-corrected chi connectivity index (χ4v) is 3.63. The molecule has 2 saturated heterocycles. The summed E-state index contributed by atoms with van der Waals surface area (Å²) < 4.78 is 48.0. The van der Waals surface area contributed by atoms with Crippen molar-refractivity contribution in [3.63, 3.8) is 0 Å². The molecule has 2 fully saturated rings. The molecule has 3 rings (SSSR count). The molecule has 1 amide bonds. The molecule has 0 unspecified atom stereocenters. The van der Waals surface area contributed by atoms with Crippen LogP contribution in [0.1, 0.15) is 36.2 Å². The van der Waals surface area contributed by atoms with Crippen LogP contribution in [0.2, 0.25) is 0 Å². The van der Waals surface area contributed by atoms with E-state index in [9.17, 15) is 22.4 Å². The van der Waals surface area contributed by atoms with Crippen LogP contribution in [0.25, 0.3) is 0 Å². The van der Waals surface area contributed by atoms with Gasteiger partial charge in [0.2, 0.25) is 5.95 Å². The van der Waals surface area contributed by atoms with Crippen LogP contribution in [0, 0.1) is 5.95 Å². The standard InChI is InChI=1S/C17H23F3N4O.CH3F/c18-15(19)11-21-17(25)13-3-4-14(16(20)22-13)24-9-5-12(6-10-24)23-7-1-2-8-23;1-2/h3-4,12,15H,1-2,5-11H2,(H,21,25);1H3. The number of amides is 1. The van der Waals surface area contributed by atoms with E-state index in [4.69, 9.17) is 0 Å². The Morgan fingerprint density at radius 3 is 2.37 bits per heavy atom. The SMILES string of the molecule is CF.O=C(NCC(F)F)c1ccc(N2CCC(N3CCCC3)CC2)c(F)n1. The van der Waals surface area contributed by atoms with E-state index in [-0.39, 0.29) is 5.69 Å². The molecule has 3 heterocycles. The third-order valence-electron chi connectivity index (χ3n) is 4.94. The van der Waals surface area contributed by atoms with E-state index < -0.39 is 24.8 Å². The number of rotatable bonds is 5. The average molecular weight is 390 g/mol. The minimum atomic E-state index is -2.65. The number of piperidine rings is 1. The Balaban J connectivity index is 0.00000126. The highest BCUT2D eigenvalue weighted by atomic mass is 19.3. The Hall–Kier alpha value is -1.90. The van der Waals surface area contributed by atoms with E-state index in [1.165, 1.54) is 25.0 Å². The van der Waals surface area contributed by atoms with Crippen LogP contribution in [-0.4, -0.2) is 68.2 Å². The summed E-state index contributed by atoms with van der Waals surface area (Å²) in [4.78, 5) is 19.8. The van der Waals surface area contributed by atoms with Crippen molar-refractivity contribution >= 4 is 11.6 Å². The van der Waals surface area contributed by atoms with E-state index in [2.05, 4.69) is 9.88 Å². The number of halogens is 4. The lowest BCUT2D eigenvalue weighted by atomic mass is 10.0. The molecule has 0 bridgehead atoms. The summed E-state index contributed by atoms with van der Waals surface area (Å²) >= 11 is 0. The van der Waals surface area contributed by atoms with Crippen molar-refractivity contribution in [2.24, 2.45) is 0 Å². The van der Waals surface area contributed by atoms with Gasteiger partial charge in [-0.1, -0.05) is 0 Å². The van der Waals surface area contributed by atoms with Gasteiger partial charge in [-0.3, -0.25) is 9.18 Å². The molecule has 2 aliphatic heterocycles. The lowest BCUT2D eigenvalue weighted by molar-refractivity contribution is 0.0886. The molecule has 1 aromatic rings. The van der Waals surface area contributed by atoms with Crippen molar-refractivity contribution in [3.8, 4) is 0 Å². The number of hydrogen-bond acceptors (Lipinski definition) is 4. The van der Waals surface area contributed by atoms with Crippen molar-refractivity contribution < 1.29 is 22.4 Å². The lowest BCUT2D eigenvalue weighted by Crippen LogP contribution is -2.44. The van der Waals surface area contributed by atoms with Crippen LogP contribution >= 0.6 is 0 Å². The van der Waals surface area contributed by atoms with Gasteiger partial charge in [-0.15, -0.1) is 0 Å². The number of pyridine rings is 1. The third-order valence-corrected chi connectivity index (χ3v) is 4.94. The maximum Gasteiger partial charge on any atom is 0.270 e. The van der Waals surface area contributed by atoms with Gasteiger partial charge in [0.1, 0.15) is 5.69 Å². The number of nitrogens with zero attached hydrogens (tertiary/aromatic N) is 3. The first kappa shape index (κ1) is 21.4. The van der Waals surface area contributed by atoms with Crippen LogP contribution in [0.15, 0.2) is 12.1 Å². The summed E-state index contributed by atoms with van der Waals surface area (Å²) in [5, 5.41) is 2.02. The largest absolute Gasteiger partial charge is 0.368 e. The topological polar surface area (TPSA) is 48.5 Å². The van der Waals surface area contributed by atoms with E-state index in [1.807, 2.05) is 10.2 Å². The average Bonchev–Trinajstić information content (AvgIpc) is 3.22. The van der Waals surface area contributed by atoms with Crippen molar-refractivity contribution in [1.82, 2.24) is 15.2 Å². The monoisotopic (exact) mass is 390 g/mol. The summed E-state index contributed by atoms with van der Waals surface area (Å²) in [6.45, 7) is 3.04. The van der Waals surface area contributed by atoms with Crippen molar-refractivity contribution in [2.45, 2.75) is 38.2 Å². The number of carbonyl (C=O) groups excluding carboxylic acids is 1. The third kappa shape index (κ3) is 5.79. The first-order chi connectivity index (χ1) is 13.0. The molecule has 5 nitrogen and oxygen atoms in total. The Labute approximate surface area is 156 Å². The smallest absolute Gasteiger partial charge is 0.270 e. The van der Waals surface area contributed by atoms with Crippen molar-refractivity contribution in [1.29, 1.82) is 0 Å². The summed E-state index contributed by atoms with van der Waals surface area (Å²) in [6.07, 6.45) is 1.83. The van der Waals surface area contributed by atoms with Gasteiger partial charge < -0.3 is 15.1 Å². The molecule has 1 N–H and O–H groups in total. The maximum atomic E-state index is 14.3. The van der Waals surface area contributed by atoms with Crippen LogP contribution in [0.4, 0.5) is 23.2 Å². The zero-order valence-corrected chi connectivity index (χ0v) is 15.4. The van der Waals surface area contributed by atoms with Gasteiger partial charge in [0.15, 0.2) is 0 Å². The fraction of sp³-hybridized carbons (Fsp3) is 0.667. The van der Waals surface area contributed by atoms with Crippen LogP contribution < -0.4 is 10.2 Å². The second kappa shape index (κ2) is 10.4. The van der Waals surface area contributed by atoms with Gasteiger partial charge >= 0.3 is 0 Å². The molecular weight excluding hydrogens is 364 g/mol. The first-order valence-electron chi connectivity index (χ1n) is 9.14. The zero-order valence-electron chi connectivity index (χ0n) is 15.4. The first-order valence-corrected chi connectivity index (χ1v) is 9.14. The van der Waals surface area contributed by atoms with Crippen molar-refractivity contribution in [3.05, 3.63) is 23.8 Å². The molecule has 0 aromatic carbocycles. The highest BCUT2D eigenvalue weighted by molar-refractivity contribution is 5.92. The molecule has 0 saturated carbocycles. The van der Waals surface area contributed by atoms with E-state index in [0.717, 1.165) is 39.0 Å². The Kier molecular flexibility index (Phi) is 8.27. The molecule has 9 heteroatoms. The summed E-state index contributed by atoms with van der Waals surface area (Å²) in [7, 11) is 0.500. The number of anilines is 1. The number of hydrogen-bond donors (Lipinski definition) is 1. The predicted molar refractivity (Wildman–Crippen MR) is 95.6 cm³/mol. The molecule has 0 atom stereocenters. The van der Waals surface area contributed by atoms with Crippen LogP contribution in [0.3, 0.4) is 0 Å². The molecular formula is C18H26F4N4O. The van der Waals surface area contributed by atoms with Gasteiger partial charge in [0.25, 0.3) is 12.3 Å². The number of alkyl halides is 3. The van der Waals surface area contributed by atoms with Crippen LogP contribution in [0.5, 0.6) is 0 Å². The second-order valence-electron chi connectivity index (χ2n) is 6.57. The highest BCUT2D eigenvalue weighted by Crippen LogP contribution is 2.26. The zero-order chi connectivity index (χ0) is 19.8. The highest BCUT2D eigenvalue weighted by Gasteiger charge is 2.27. The van der Waals surface area contributed by atoms with E-state index in [0.29, 0.717) is 18.9 Å². The molecule has 27 heavy (non-hydrogen) atoms. The van der Waals surface area contributed by atoms with Gasteiger partial charge in [0.05, 0.1) is 19.4 Å². The second-order valence-corrected chi connectivity index (χ2v) is 6.57. The number of likely N-dealkylation sites (tertiary alicyclic amines) is 1. The summed E-state index contributed by atoms with van der Waals surface area (Å²) in [5.74, 6) is -1.53. The number of carbonyl (C=O) groups is 1. The van der Waals surface area contributed by atoms with Crippen molar-refractivity contribution in [2.75, 3.05) is 44.8 Å². The van der Waals surface area contributed by atoms with Crippen LogP contribution in [-0.2, 0) is 0 Å². The number of nitrogens with one attached hydrogen (secondary N) is 1. The molecule has 0 radical (unpaired) electrons. The van der Waals surface area contributed by atoms with Gasteiger partial charge in [0, 0.05) is 19.1 Å². The lowest BCUT2D eigenvalue weighted by Gasteiger charge is -2.37. The fourth-order valence-electron chi connectivity index (χ4n) is 3.63. The van der Waals surface area contributed by atoms with Gasteiger partial charge in [-0.25, -0.2) is 13.8 Å². The number of aromatic nitrogens is 1. The van der Waals surface area contributed by atoms with Gasteiger partial charge in [-0.2, -0.15) is 4.39 Å². The van der Waals surface area contributed by atoms with E-state index in [1.54, 1.807) is 0 Å². The minimum Gasteiger partial charge on any atom is -0.368 e. The Bertz CT molecular complexity index is 603. The normalized spacial score (nSPS) is 18.4. The Morgan fingerprint density at radius 1 is 1.19 bits per heavy atom.